The van der Waals surface area contributed by atoms with Crippen LogP contribution in [0.25, 0.3) is 5.69 Å². The quantitative estimate of drug-likeness (QED) is 0.147. The van der Waals surface area contributed by atoms with Crippen molar-refractivity contribution < 1.29 is 22.3 Å². The fraction of sp³-hybridized carbons (Fsp3) is 0.306. The Bertz CT molecular complexity index is 1750. The van der Waals surface area contributed by atoms with Gasteiger partial charge in [0.1, 0.15) is 11.6 Å². The minimum Gasteiger partial charge on any atom is -0.497 e. The van der Waals surface area contributed by atoms with E-state index in [0.29, 0.717) is 18.7 Å². The number of hydrogen-bond donors (Lipinski definition) is 1. The number of nitrogens with zero attached hydrogens (tertiary/aromatic N) is 4. The summed E-state index contributed by atoms with van der Waals surface area (Å²) in [5.41, 5.74) is 0.835. The van der Waals surface area contributed by atoms with Crippen LogP contribution < -0.4 is 20.4 Å². The van der Waals surface area contributed by atoms with E-state index in [1.54, 1.807) is 10.9 Å². The topological polar surface area (TPSA) is 74.1 Å². The zero-order valence-electron chi connectivity index (χ0n) is 27.5. The second-order valence-corrected chi connectivity index (χ2v) is 16.8. The van der Waals surface area contributed by atoms with Gasteiger partial charge in [0.15, 0.2) is 0 Å². The van der Waals surface area contributed by atoms with Gasteiger partial charge in [0.05, 0.1) is 24.5 Å². The van der Waals surface area contributed by atoms with E-state index in [1.165, 1.54) is 23.5 Å². The van der Waals surface area contributed by atoms with Gasteiger partial charge < -0.3 is 14.5 Å². The van der Waals surface area contributed by atoms with Crippen molar-refractivity contribution >= 4 is 30.3 Å². The van der Waals surface area contributed by atoms with Crippen LogP contribution in [0.2, 0.25) is 5.04 Å². The number of ether oxygens (including phenoxy) is 1. The molecule has 0 bridgehead atoms. The van der Waals surface area contributed by atoms with E-state index in [0.717, 1.165) is 23.5 Å². The number of benzene rings is 3. The Labute approximate surface area is 274 Å². The minimum absolute atomic E-state index is 0.0662. The van der Waals surface area contributed by atoms with E-state index in [1.807, 2.05) is 31.2 Å². The maximum atomic E-state index is 13.7. The van der Waals surface area contributed by atoms with Gasteiger partial charge in [-0.1, -0.05) is 88.4 Å². The van der Waals surface area contributed by atoms with Gasteiger partial charge in [-0.15, -0.1) is 5.10 Å². The summed E-state index contributed by atoms with van der Waals surface area (Å²) >= 11 is 0. The fourth-order valence-electron chi connectivity index (χ4n) is 5.89. The molecule has 1 N–H and O–H groups in total. The number of anilines is 2. The van der Waals surface area contributed by atoms with E-state index in [-0.39, 0.29) is 28.5 Å². The van der Waals surface area contributed by atoms with Gasteiger partial charge in [-0.2, -0.15) is 18.2 Å². The molecule has 1 unspecified atom stereocenters. The van der Waals surface area contributed by atoms with Crippen LogP contribution in [0.15, 0.2) is 97.2 Å². The van der Waals surface area contributed by atoms with E-state index >= 15 is 0 Å². The summed E-state index contributed by atoms with van der Waals surface area (Å²) in [5.74, 6) is 0.814. The molecular weight excluding hydrogens is 620 g/mol. The maximum absolute atomic E-state index is 13.7. The second kappa shape index (κ2) is 13.7. The molecule has 2 heterocycles. The Morgan fingerprint density at radius 2 is 1.53 bits per heavy atom. The van der Waals surface area contributed by atoms with Gasteiger partial charge in [0.25, 0.3) is 8.32 Å². The standard InChI is InChI=1S/C36H40F3N5O2Si/c1-7-29(46-47(35(3,4)5,31-14-10-8-11-15-31)32-16-12-9-13-17-32)24-33-42-34(43-44(33)28-18-19-40-25(2)20-28)41-27-21-26(36(37,38)39)22-30(23-27)45-6/h8-23,29H,7,24H2,1-6H3,(H,41,43). The number of halogens is 3. The summed E-state index contributed by atoms with van der Waals surface area (Å²) < 4.78 is 55.3. The molecule has 1 atom stereocenters. The molecule has 246 valence electrons. The zero-order valence-corrected chi connectivity index (χ0v) is 28.5. The van der Waals surface area contributed by atoms with Gasteiger partial charge in [-0.05, 0) is 53.0 Å². The predicted molar refractivity (Wildman–Crippen MR) is 182 cm³/mol. The molecule has 2 aromatic heterocycles. The fourth-order valence-corrected chi connectivity index (χ4v) is 10.7. The highest BCUT2D eigenvalue weighted by atomic mass is 28.4. The van der Waals surface area contributed by atoms with Crippen LogP contribution in [0, 0.1) is 6.92 Å². The maximum Gasteiger partial charge on any atom is 0.416 e. The summed E-state index contributed by atoms with van der Waals surface area (Å²) in [6.45, 7) is 10.7. The Morgan fingerprint density at radius 1 is 0.894 bits per heavy atom. The monoisotopic (exact) mass is 659 g/mol. The lowest BCUT2D eigenvalue weighted by molar-refractivity contribution is -0.137. The Balaban J connectivity index is 1.58. The SMILES string of the molecule is CCC(Cc1nc(Nc2cc(OC)cc(C(F)(F)F)c2)nn1-c1ccnc(C)c1)O[Si](c1ccccc1)(c1ccccc1)C(C)(C)C. The van der Waals surface area contributed by atoms with Gasteiger partial charge in [0, 0.05) is 30.1 Å². The predicted octanol–water partition coefficient (Wildman–Crippen LogP) is 7.64. The van der Waals surface area contributed by atoms with Crippen LogP contribution in [0.1, 0.15) is 51.2 Å². The molecule has 11 heteroatoms. The van der Waals surface area contributed by atoms with Crippen molar-refractivity contribution in [3.63, 3.8) is 0 Å². The Kier molecular flexibility index (Phi) is 9.88. The number of hydrogen-bond acceptors (Lipinski definition) is 6. The minimum atomic E-state index is -4.55. The molecule has 5 aromatic rings. The smallest absolute Gasteiger partial charge is 0.416 e. The molecule has 0 saturated carbocycles. The molecule has 0 aliphatic rings. The van der Waals surface area contributed by atoms with Crippen molar-refractivity contribution in [1.82, 2.24) is 19.7 Å². The van der Waals surface area contributed by atoms with Crippen molar-refractivity contribution in [2.24, 2.45) is 0 Å². The number of pyridine rings is 1. The number of alkyl halides is 3. The largest absolute Gasteiger partial charge is 0.497 e. The molecule has 0 fully saturated rings. The van der Waals surface area contributed by atoms with E-state index < -0.39 is 20.1 Å². The number of aryl methyl sites for hydroxylation is 1. The molecule has 0 aliphatic heterocycles. The number of nitrogens with one attached hydrogen (secondary N) is 1. The lowest BCUT2D eigenvalue weighted by Gasteiger charge is -2.45. The summed E-state index contributed by atoms with van der Waals surface area (Å²) in [5, 5.41) is 9.81. The number of rotatable bonds is 11. The van der Waals surface area contributed by atoms with Gasteiger partial charge in [-0.25, -0.2) is 4.68 Å². The van der Waals surface area contributed by atoms with Gasteiger partial charge in [0.2, 0.25) is 5.95 Å². The van der Waals surface area contributed by atoms with Crippen LogP contribution in [-0.2, 0) is 17.0 Å². The molecule has 0 saturated heterocycles. The van der Waals surface area contributed by atoms with Crippen LogP contribution in [0.5, 0.6) is 5.75 Å². The van der Waals surface area contributed by atoms with Gasteiger partial charge in [-0.3, -0.25) is 4.98 Å². The molecule has 3 aromatic carbocycles. The average Bonchev–Trinajstić information content (AvgIpc) is 3.44. The van der Waals surface area contributed by atoms with E-state index in [2.05, 4.69) is 86.5 Å². The van der Waals surface area contributed by atoms with Gasteiger partial charge >= 0.3 is 6.18 Å². The molecule has 47 heavy (non-hydrogen) atoms. The van der Waals surface area contributed by atoms with Crippen molar-refractivity contribution in [1.29, 1.82) is 0 Å². The molecule has 0 amide bonds. The van der Waals surface area contributed by atoms with Crippen LogP contribution in [0.3, 0.4) is 0 Å². The summed E-state index contributed by atoms with van der Waals surface area (Å²) in [6, 6.07) is 28.0. The van der Waals surface area contributed by atoms with Crippen molar-refractivity contribution in [2.75, 3.05) is 12.4 Å². The summed E-state index contributed by atoms with van der Waals surface area (Å²) in [6.07, 6.45) is -2.02. The molecule has 5 rings (SSSR count). The van der Waals surface area contributed by atoms with Crippen LogP contribution in [0.4, 0.5) is 24.8 Å². The van der Waals surface area contributed by atoms with Crippen LogP contribution in [-0.4, -0.2) is 41.3 Å². The molecule has 0 aliphatic carbocycles. The summed E-state index contributed by atoms with van der Waals surface area (Å²) in [4.78, 5) is 9.14. The average molecular weight is 660 g/mol. The highest BCUT2D eigenvalue weighted by Crippen LogP contribution is 2.39. The first-order chi connectivity index (χ1) is 22.3. The second-order valence-electron chi connectivity index (χ2n) is 12.5. The molecular formula is C36H40F3N5O2Si. The zero-order chi connectivity index (χ0) is 33.8. The third kappa shape index (κ3) is 7.41. The van der Waals surface area contributed by atoms with E-state index in [9.17, 15) is 13.2 Å². The molecule has 7 nitrogen and oxygen atoms in total. The number of methoxy groups -OCH3 is 1. The highest BCUT2D eigenvalue weighted by molar-refractivity contribution is 6.99. The van der Waals surface area contributed by atoms with E-state index in [4.69, 9.17) is 19.2 Å². The van der Waals surface area contributed by atoms with Crippen LogP contribution >= 0.6 is 0 Å². The first-order valence-corrected chi connectivity index (χ1v) is 17.5. The highest BCUT2D eigenvalue weighted by Gasteiger charge is 2.51. The third-order valence-electron chi connectivity index (χ3n) is 8.15. The normalized spacial score (nSPS) is 13.0. The lowest BCUT2D eigenvalue weighted by atomic mass is 10.2. The van der Waals surface area contributed by atoms with Crippen molar-refractivity contribution in [3.8, 4) is 11.4 Å². The lowest BCUT2D eigenvalue weighted by Crippen LogP contribution is -2.67. The summed E-state index contributed by atoms with van der Waals surface area (Å²) in [7, 11) is -1.56. The van der Waals surface area contributed by atoms with Crippen molar-refractivity contribution in [2.45, 2.75) is 64.8 Å². The first-order valence-electron chi connectivity index (χ1n) is 15.5. The third-order valence-corrected chi connectivity index (χ3v) is 13.2. The Morgan fingerprint density at radius 3 is 2.06 bits per heavy atom. The molecule has 0 radical (unpaired) electrons. The van der Waals surface area contributed by atoms with Crippen molar-refractivity contribution in [3.05, 3.63) is 114 Å². The first kappa shape index (κ1) is 33.9. The Hall–Kier alpha value is -4.48. The molecule has 0 spiro atoms. The number of aromatic nitrogens is 4.